The molecule has 368 valence electrons. The fourth-order valence-corrected chi connectivity index (χ4v) is 7.56. The third-order valence-corrected chi connectivity index (χ3v) is 10.3. The fourth-order valence-electron chi connectivity index (χ4n) is 5.46. The molecule has 0 saturated heterocycles. The van der Waals surface area contributed by atoms with Crippen LogP contribution in [-0.4, -0.2) is 108 Å². The molecule has 62 heavy (non-hydrogen) atoms. The highest BCUT2D eigenvalue weighted by molar-refractivity contribution is 7.47. The van der Waals surface area contributed by atoms with Gasteiger partial charge in [-0.1, -0.05) is 89.9 Å². The minimum atomic E-state index is -5.63. The molecule has 0 amide bonds. The van der Waals surface area contributed by atoms with E-state index in [0.29, 0.717) is 12.8 Å². The van der Waals surface area contributed by atoms with Gasteiger partial charge in [0, 0.05) is 28.0 Å². The molecule has 1 saturated carbocycles. The second-order valence-electron chi connectivity index (χ2n) is 13.3. The maximum atomic E-state index is 13.0. The number of rotatable bonds is 26. The van der Waals surface area contributed by atoms with Gasteiger partial charge < -0.3 is 55.4 Å². The zero-order valence-corrected chi connectivity index (χ0v) is 37.2. The zero-order valence-electron chi connectivity index (χ0n) is 34.5. The molecule has 4 unspecified atom stereocenters. The first-order valence-corrected chi connectivity index (χ1v) is 23.8. The number of carbonyl (C=O) groups is 2. The molecule has 8 atom stereocenters. The minimum absolute atomic E-state index is 0. The first-order chi connectivity index (χ1) is 28.8. The van der Waals surface area contributed by atoms with Crippen molar-refractivity contribution >= 4 is 35.4 Å². The molecule has 0 aromatic rings. The summed E-state index contributed by atoms with van der Waals surface area (Å²) in [4.78, 5) is 72.3. The Bertz CT molecular complexity index is 1980. The zero-order chi connectivity index (χ0) is 45.7. The van der Waals surface area contributed by atoms with E-state index in [4.69, 9.17) is 18.5 Å². The Morgan fingerprint density at radius 2 is 1.00 bits per heavy atom. The van der Waals surface area contributed by atoms with Gasteiger partial charge in [0.25, 0.3) is 0 Å². The Labute approximate surface area is 378 Å². The molecule has 20 nitrogen and oxygen atoms in total. The number of unbranched alkanes of at least 4 members (excludes halogenated alkanes) is 12. The molecule has 0 radical (unpaired) electrons. The smallest absolute Gasteiger partial charge is 0.456 e. The quantitative estimate of drug-likeness (QED) is 0.0173. The summed E-state index contributed by atoms with van der Waals surface area (Å²) in [6, 6.07) is 0. The molecule has 0 spiro atoms. The normalized spacial score (nSPS) is 20.5. The molecule has 1 aliphatic rings. The highest BCUT2D eigenvalue weighted by Crippen LogP contribution is 2.51. The second kappa shape index (κ2) is 32.2. The van der Waals surface area contributed by atoms with Crippen LogP contribution in [-0.2, 0) is 50.9 Å². The summed E-state index contributed by atoms with van der Waals surface area (Å²) in [6.45, 7) is 1.99. The summed E-state index contributed by atoms with van der Waals surface area (Å²) in [6.07, 6.45) is -2.99. The molecular weight excluding hydrogens is 879 g/mol. The number of aliphatic hydroxyl groups excluding tert-OH is 3. The Hall–Kier alpha value is -3.53. The number of hydrogen-bond donors (Lipinski definition) is 9. The van der Waals surface area contributed by atoms with E-state index in [9.17, 15) is 63.1 Å². The van der Waals surface area contributed by atoms with Crippen LogP contribution in [0.2, 0.25) is 0 Å². The first-order valence-electron chi connectivity index (χ1n) is 19.3. The van der Waals surface area contributed by atoms with Crippen LogP contribution in [0, 0.1) is 71.0 Å². The number of esters is 2. The summed E-state index contributed by atoms with van der Waals surface area (Å²) in [7, 11) is -16.7. The number of hydrogen-bond acceptors (Lipinski definition) is 15. The number of carbonyl (C=O) groups excluding carboxylic acids is 2. The lowest BCUT2D eigenvalue weighted by molar-refractivity contribution is -0.213. The molecule has 1 aliphatic carbocycles. The van der Waals surface area contributed by atoms with Gasteiger partial charge in [0.2, 0.25) is 0 Å². The van der Waals surface area contributed by atoms with E-state index in [1.165, 1.54) is 44.9 Å². The van der Waals surface area contributed by atoms with Gasteiger partial charge in [0.1, 0.15) is 43.2 Å². The van der Waals surface area contributed by atoms with Crippen LogP contribution in [0.5, 0.6) is 0 Å². The van der Waals surface area contributed by atoms with Crippen molar-refractivity contribution in [3.63, 3.8) is 0 Å². The van der Waals surface area contributed by atoms with Crippen molar-refractivity contribution in [1.29, 1.82) is 0 Å². The second-order valence-corrected chi connectivity index (χ2v) is 17.0. The average Bonchev–Trinajstić information content (AvgIpc) is 3.18. The molecule has 1 rings (SSSR count). The predicted octanol–water partition coefficient (Wildman–Crippen LogP) is 5.39. The van der Waals surface area contributed by atoms with Crippen LogP contribution < -0.4 is 6.15 Å². The highest BCUT2D eigenvalue weighted by atomic mass is 31.2. The molecule has 23 heteroatoms. The van der Waals surface area contributed by atoms with Gasteiger partial charge in [-0.2, -0.15) is 0 Å². The molecule has 0 aromatic carbocycles. The maximum absolute atomic E-state index is 13.0. The molecule has 1 fully saturated rings. The fraction of sp³-hybridized carbons (Fsp3) is 0.641. The molecule has 0 heterocycles. The topological polar surface area (TPSA) is 338 Å². The van der Waals surface area contributed by atoms with Crippen molar-refractivity contribution in [2.24, 2.45) is 0 Å². The lowest BCUT2D eigenvalue weighted by atomic mass is 9.85. The van der Waals surface area contributed by atoms with Gasteiger partial charge in [0.15, 0.2) is 6.10 Å². The highest BCUT2D eigenvalue weighted by Gasteiger charge is 2.56. The first kappa shape index (κ1) is 58.5. The van der Waals surface area contributed by atoms with E-state index < -0.39 is 91.3 Å². The SMILES string of the molecule is CC#CC#CC#CC#CC#CC#CC(=O)OC[C@H](COP(=O)(O)OC1C(O)[C@@H](OP(=O)(O)O)C(OP(=O)(O)O)[C@@H](O)[C@H]1O)OC(=O)CCCCCCCCCCCCCCC.N.[HH].[HH].[HH].[HH].[HH].[HH].[HH].[HH].[HH].[HH].[HH]. The molecule has 0 bridgehead atoms. The third kappa shape index (κ3) is 28.2. The van der Waals surface area contributed by atoms with Crippen molar-refractivity contribution in [1.82, 2.24) is 6.15 Å². The van der Waals surface area contributed by atoms with E-state index in [-0.39, 0.29) is 28.3 Å². The third-order valence-electron chi connectivity index (χ3n) is 8.25. The molecule has 11 N–H and O–H groups in total. The van der Waals surface area contributed by atoms with Gasteiger partial charge >= 0.3 is 35.4 Å². The Morgan fingerprint density at radius 1 is 0.581 bits per heavy atom. The number of ether oxygens (including phenoxy) is 2. The maximum Gasteiger partial charge on any atom is 0.472 e. The number of phosphoric ester groups is 3. The summed E-state index contributed by atoms with van der Waals surface area (Å²) in [5, 5.41) is 31.7. The van der Waals surface area contributed by atoms with Gasteiger partial charge in [-0.25, -0.2) is 18.5 Å². The van der Waals surface area contributed by atoms with E-state index in [0.717, 1.165) is 25.7 Å². The predicted molar refractivity (Wildman–Crippen MR) is 244 cm³/mol. The molecule has 0 aliphatic heterocycles. The van der Waals surface area contributed by atoms with Crippen molar-refractivity contribution in [3.8, 4) is 71.0 Å². The van der Waals surface area contributed by atoms with E-state index in [1.807, 2.05) is 5.92 Å². The monoisotopic (exact) mass is 957 g/mol. The Morgan fingerprint density at radius 3 is 1.47 bits per heavy atom. The Balaban J connectivity index is -0.000000310. The van der Waals surface area contributed by atoms with Gasteiger partial charge in [-0.3, -0.25) is 22.9 Å². The molecular formula is C39H78NO19P3. The van der Waals surface area contributed by atoms with Crippen LogP contribution in [0.25, 0.3) is 0 Å². The van der Waals surface area contributed by atoms with Crippen molar-refractivity contribution in [2.75, 3.05) is 13.2 Å². The summed E-state index contributed by atoms with van der Waals surface area (Å²) in [5.74, 6) is 26.3. The van der Waals surface area contributed by atoms with Crippen LogP contribution in [0.3, 0.4) is 0 Å². The van der Waals surface area contributed by atoms with Crippen LogP contribution >= 0.6 is 23.5 Å². The van der Waals surface area contributed by atoms with Gasteiger partial charge in [-0.05, 0) is 72.5 Å². The summed E-state index contributed by atoms with van der Waals surface area (Å²) < 4.78 is 64.5. The van der Waals surface area contributed by atoms with Crippen molar-refractivity contribution < 1.29 is 106 Å². The summed E-state index contributed by atoms with van der Waals surface area (Å²) >= 11 is 0. The number of phosphoric acid groups is 3. The standard InChI is InChI=1S/C39H53O19P3.H3N.11H2/c1-3-5-7-9-11-13-15-16-18-20-22-24-26-28-33(41)55-31(29-53-32(40)27-25-23-21-19-17-14-12-10-8-6-4-2)30-54-61(51,52)58-37-34(42)35(43)38(56-59(45,46)47)39(36(37)44)57-60(48,49)50;;;;;;;;;;;;/h31,34-39,42-44H,3,5,7,9,11,13,15-16,18,20,22,24,26,28-30H2,1-2H3,(H,51,52)(H2,45,46,47)(H2,48,49,50);1H3;11*1H/t31-,34-,35+,36?,37?,38?,39-;;;;;;;;;;;;/m1............/s1. The van der Waals surface area contributed by atoms with Crippen LogP contribution in [0.15, 0.2) is 0 Å². The van der Waals surface area contributed by atoms with E-state index in [2.05, 4.69) is 81.1 Å². The largest absolute Gasteiger partial charge is 0.472 e. The minimum Gasteiger partial charge on any atom is -0.456 e. The van der Waals surface area contributed by atoms with Gasteiger partial charge in [0.05, 0.1) is 6.61 Å². The molecule has 0 aromatic heterocycles. The van der Waals surface area contributed by atoms with Gasteiger partial charge in [-0.15, -0.1) is 0 Å². The summed E-state index contributed by atoms with van der Waals surface area (Å²) in [5.41, 5.74) is 0. The lowest BCUT2D eigenvalue weighted by Crippen LogP contribution is -2.65. The average molecular weight is 958 g/mol. The van der Waals surface area contributed by atoms with E-state index in [1.54, 1.807) is 6.92 Å². The van der Waals surface area contributed by atoms with Crippen molar-refractivity contribution in [3.05, 3.63) is 0 Å². The van der Waals surface area contributed by atoms with Crippen molar-refractivity contribution in [2.45, 2.75) is 146 Å². The lowest BCUT2D eigenvalue weighted by Gasteiger charge is -2.44. The number of aliphatic hydroxyl groups is 3. The van der Waals surface area contributed by atoms with Crippen LogP contribution in [0.4, 0.5) is 0 Å². The van der Waals surface area contributed by atoms with Crippen LogP contribution in [0.1, 0.15) is 119 Å². The Kier molecular flexibility index (Phi) is 30.3. The van der Waals surface area contributed by atoms with E-state index >= 15 is 0 Å².